The predicted octanol–water partition coefficient (Wildman–Crippen LogP) is 5.02. The minimum Gasteiger partial charge on any atom is -0.482 e. The number of rotatable bonds is 7. The van der Waals surface area contributed by atoms with Crippen molar-refractivity contribution in [3.63, 3.8) is 0 Å². The van der Waals surface area contributed by atoms with Crippen LogP contribution in [0.3, 0.4) is 0 Å². The lowest BCUT2D eigenvalue weighted by atomic mass is 9.99. The number of aromatic nitrogens is 1. The van der Waals surface area contributed by atoms with E-state index in [1.54, 1.807) is 24.4 Å². The molecule has 5 heteroatoms. The lowest BCUT2D eigenvalue weighted by molar-refractivity contribution is -0.149. The highest BCUT2D eigenvalue weighted by molar-refractivity contribution is 6.10. The van der Waals surface area contributed by atoms with Crippen LogP contribution in [0.5, 0.6) is 5.75 Å². The zero-order valence-corrected chi connectivity index (χ0v) is 16.5. The number of para-hydroxylation sites is 2. The minimum absolute atomic E-state index is 0.282. The summed E-state index contributed by atoms with van der Waals surface area (Å²) in [4.78, 5) is 29.0. The molecule has 0 fully saturated rings. The number of hydrogen-bond acceptors (Lipinski definition) is 4. The third kappa shape index (κ3) is 4.10. The number of Topliss-reactive ketones (excluding diaryl/α,β-unsaturated/α-hetero) is 1. The molecule has 0 aliphatic rings. The molecule has 1 aromatic heterocycles. The number of ketones is 1. The van der Waals surface area contributed by atoms with Gasteiger partial charge in [0.1, 0.15) is 5.75 Å². The summed E-state index contributed by atoms with van der Waals surface area (Å²) in [5, 5.41) is 0.788. The fraction of sp³-hybridized carbons (Fsp3) is 0.120. The summed E-state index contributed by atoms with van der Waals surface area (Å²) in [6.45, 7) is 1.61. The van der Waals surface area contributed by atoms with Crippen LogP contribution in [0.15, 0.2) is 85.1 Å². The highest BCUT2D eigenvalue weighted by Crippen LogP contribution is 2.27. The second-order valence-corrected chi connectivity index (χ2v) is 6.95. The Morgan fingerprint density at radius 2 is 1.60 bits per heavy atom. The number of aromatic amines is 1. The maximum Gasteiger partial charge on any atom is 0.345 e. The van der Waals surface area contributed by atoms with Crippen LogP contribution >= 0.6 is 0 Å². The Bertz CT molecular complexity index is 1180. The van der Waals surface area contributed by atoms with Crippen LogP contribution in [0.2, 0.25) is 0 Å². The van der Waals surface area contributed by atoms with Crippen molar-refractivity contribution in [1.29, 1.82) is 0 Å². The topological polar surface area (TPSA) is 68.4 Å². The van der Waals surface area contributed by atoms with E-state index < -0.39 is 12.1 Å². The van der Waals surface area contributed by atoms with Crippen LogP contribution in [0.4, 0.5) is 0 Å². The van der Waals surface area contributed by atoms with Crippen molar-refractivity contribution in [3.05, 3.63) is 102 Å². The molecule has 1 atom stereocenters. The number of H-pyrrole nitrogens is 1. The van der Waals surface area contributed by atoms with Crippen molar-refractivity contribution in [2.75, 3.05) is 6.61 Å². The number of carbonyl (C=O) groups excluding carboxylic acids is 2. The molecule has 4 aromatic rings. The van der Waals surface area contributed by atoms with Crippen LogP contribution < -0.4 is 4.74 Å². The van der Waals surface area contributed by atoms with E-state index in [0.717, 1.165) is 16.5 Å². The summed E-state index contributed by atoms with van der Waals surface area (Å²) in [5.74, 6) is -0.295. The Kier molecular flexibility index (Phi) is 5.61. The average molecular weight is 399 g/mol. The first kappa shape index (κ1) is 19.5. The van der Waals surface area contributed by atoms with Gasteiger partial charge in [-0.2, -0.15) is 0 Å². The lowest BCUT2D eigenvalue weighted by Crippen LogP contribution is -2.23. The van der Waals surface area contributed by atoms with E-state index in [0.29, 0.717) is 16.9 Å². The Balaban J connectivity index is 1.57. The van der Waals surface area contributed by atoms with Crippen molar-refractivity contribution in [2.45, 2.75) is 13.0 Å². The van der Waals surface area contributed by atoms with E-state index in [1.807, 2.05) is 67.6 Å². The van der Waals surface area contributed by atoms with Gasteiger partial charge in [0, 0.05) is 28.2 Å². The number of hydrogen-bond donors (Lipinski definition) is 1. The highest BCUT2D eigenvalue weighted by Gasteiger charge is 2.28. The Morgan fingerprint density at radius 3 is 2.40 bits per heavy atom. The van der Waals surface area contributed by atoms with Gasteiger partial charge in [-0.15, -0.1) is 0 Å². The molecule has 0 radical (unpaired) electrons. The van der Waals surface area contributed by atoms with Crippen LogP contribution in [0.25, 0.3) is 10.9 Å². The first-order valence-electron chi connectivity index (χ1n) is 9.66. The molecule has 1 heterocycles. The van der Waals surface area contributed by atoms with Gasteiger partial charge in [-0.3, -0.25) is 4.79 Å². The smallest absolute Gasteiger partial charge is 0.345 e. The molecule has 0 saturated carbocycles. The molecule has 0 spiro atoms. The quantitative estimate of drug-likeness (QED) is 0.350. The summed E-state index contributed by atoms with van der Waals surface area (Å²) >= 11 is 0. The number of esters is 1. The van der Waals surface area contributed by atoms with E-state index in [2.05, 4.69) is 4.98 Å². The highest BCUT2D eigenvalue weighted by atomic mass is 16.6. The van der Waals surface area contributed by atoms with E-state index in [9.17, 15) is 9.59 Å². The van der Waals surface area contributed by atoms with Crippen molar-refractivity contribution in [3.8, 4) is 5.75 Å². The van der Waals surface area contributed by atoms with E-state index in [-0.39, 0.29) is 12.4 Å². The van der Waals surface area contributed by atoms with Gasteiger partial charge in [-0.25, -0.2) is 4.79 Å². The summed E-state index contributed by atoms with van der Waals surface area (Å²) in [5.41, 5.74) is 2.85. The van der Waals surface area contributed by atoms with Gasteiger partial charge >= 0.3 is 5.97 Å². The fourth-order valence-electron chi connectivity index (χ4n) is 3.34. The fourth-order valence-corrected chi connectivity index (χ4v) is 3.34. The molecule has 150 valence electrons. The Hall–Kier alpha value is -3.86. The molecule has 1 unspecified atom stereocenters. The molecule has 0 saturated heterocycles. The summed E-state index contributed by atoms with van der Waals surface area (Å²) in [6, 6.07) is 23.9. The van der Waals surface area contributed by atoms with Gasteiger partial charge in [-0.1, -0.05) is 66.7 Å². The van der Waals surface area contributed by atoms with Crippen molar-refractivity contribution in [2.24, 2.45) is 0 Å². The van der Waals surface area contributed by atoms with Gasteiger partial charge in [0.25, 0.3) is 0 Å². The monoisotopic (exact) mass is 399 g/mol. The van der Waals surface area contributed by atoms with Gasteiger partial charge < -0.3 is 14.5 Å². The van der Waals surface area contributed by atoms with Gasteiger partial charge in [0.15, 0.2) is 12.7 Å². The van der Waals surface area contributed by atoms with Gasteiger partial charge in [0.05, 0.1) is 0 Å². The van der Waals surface area contributed by atoms with Crippen LogP contribution in [-0.2, 0) is 9.53 Å². The number of fused-ring (bicyclic) bond motifs is 1. The van der Waals surface area contributed by atoms with Gasteiger partial charge in [0.2, 0.25) is 5.78 Å². The maximum absolute atomic E-state index is 13.3. The van der Waals surface area contributed by atoms with E-state index in [4.69, 9.17) is 9.47 Å². The number of ether oxygens (including phenoxy) is 2. The van der Waals surface area contributed by atoms with E-state index in [1.165, 1.54) is 0 Å². The van der Waals surface area contributed by atoms with Crippen LogP contribution in [0.1, 0.15) is 27.6 Å². The number of nitrogens with one attached hydrogen (secondary N) is 1. The SMILES string of the molecule is Cc1ccccc1OCC(=O)OC(C(=O)c1c[nH]c2ccccc12)c1ccccc1. The average Bonchev–Trinajstić information content (AvgIpc) is 3.21. The predicted molar refractivity (Wildman–Crippen MR) is 115 cm³/mol. The summed E-state index contributed by atoms with van der Waals surface area (Å²) in [7, 11) is 0. The molecule has 0 aliphatic carbocycles. The summed E-state index contributed by atoms with van der Waals surface area (Å²) in [6.07, 6.45) is 0.596. The molecule has 0 amide bonds. The number of aryl methyl sites for hydroxylation is 1. The van der Waals surface area contributed by atoms with Crippen LogP contribution in [0, 0.1) is 6.92 Å². The molecule has 3 aromatic carbocycles. The standard InChI is InChI=1S/C25H21NO4/c1-17-9-5-8-14-22(17)29-16-23(27)30-25(18-10-3-2-4-11-18)24(28)20-15-26-21-13-7-6-12-19(20)21/h2-15,25-26H,16H2,1H3. The van der Waals surface area contributed by atoms with E-state index >= 15 is 0 Å². The van der Waals surface area contributed by atoms with Crippen molar-refractivity contribution < 1.29 is 19.1 Å². The zero-order valence-electron chi connectivity index (χ0n) is 16.5. The molecule has 5 nitrogen and oxygen atoms in total. The first-order chi connectivity index (χ1) is 14.6. The molecule has 0 aliphatic heterocycles. The number of benzene rings is 3. The third-order valence-corrected chi connectivity index (χ3v) is 4.88. The lowest BCUT2D eigenvalue weighted by Gasteiger charge is -2.17. The minimum atomic E-state index is -1.06. The van der Waals surface area contributed by atoms with Gasteiger partial charge in [-0.05, 0) is 24.6 Å². The van der Waals surface area contributed by atoms with Crippen LogP contribution in [-0.4, -0.2) is 23.3 Å². The third-order valence-electron chi connectivity index (χ3n) is 4.88. The molecule has 4 rings (SSSR count). The second kappa shape index (κ2) is 8.66. The normalized spacial score (nSPS) is 11.8. The number of carbonyl (C=O) groups is 2. The molecular formula is C25H21NO4. The maximum atomic E-state index is 13.3. The molecule has 30 heavy (non-hydrogen) atoms. The van der Waals surface area contributed by atoms with Crippen molar-refractivity contribution >= 4 is 22.7 Å². The largest absolute Gasteiger partial charge is 0.482 e. The second-order valence-electron chi connectivity index (χ2n) is 6.95. The zero-order chi connectivity index (χ0) is 20.9. The summed E-state index contributed by atoms with van der Waals surface area (Å²) < 4.78 is 11.2. The van der Waals surface area contributed by atoms with Crippen molar-refractivity contribution in [1.82, 2.24) is 4.98 Å². The molecule has 0 bridgehead atoms. The Labute approximate surface area is 174 Å². The molecular weight excluding hydrogens is 378 g/mol. The first-order valence-corrected chi connectivity index (χ1v) is 9.66. The molecule has 1 N–H and O–H groups in total. The Morgan fingerprint density at radius 1 is 0.900 bits per heavy atom.